The van der Waals surface area contributed by atoms with Gasteiger partial charge in [-0.25, -0.2) is 4.98 Å². The molecule has 0 saturated carbocycles. The van der Waals surface area contributed by atoms with Crippen LogP contribution < -0.4 is 10.6 Å². The van der Waals surface area contributed by atoms with Crippen LogP contribution in [0.2, 0.25) is 0 Å². The van der Waals surface area contributed by atoms with Crippen molar-refractivity contribution in [2.75, 3.05) is 11.9 Å². The van der Waals surface area contributed by atoms with E-state index in [-0.39, 0.29) is 11.8 Å². The summed E-state index contributed by atoms with van der Waals surface area (Å²) in [6.45, 7) is 0.946. The molecule has 3 heterocycles. The Morgan fingerprint density at radius 3 is 2.86 bits per heavy atom. The zero-order valence-corrected chi connectivity index (χ0v) is 16.4. The van der Waals surface area contributed by atoms with Gasteiger partial charge in [-0.05, 0) is 43.2 Å². The molecule has 1 fully saturated rings. The monoisotopic (exact) mass is 408 g/mol. The van der Waals surface area contributed by atoms with Crippen molar-refractivity contribution in [2.24, 2.45) is 0 Å². The first-order valence-electron chi connectivity index (χ1n) is 9.34. The Morgan fingerprint density at radius 1 is 1.21 bits per heavy atom. The largest absolute Gasteiger partial charge is 0.368 e. The average molecular weight is 408 g/mol. The van der Waals surface area contributed by atoms with E-state index in [0.29, 0.717) is 24.4 Å². The van der Waals surface area contributed by atoms with Gasteiger partial charge in [0, 0.05) is 41.2 Å². The molecule has 1 aliphatic rings. The van der Waals surface area contributed by atoms with Crippen LogP contribution in [0.5, 0.6) is 0 Å². The van der Waals surface area contributed by atoms with Crippen molar-refractivity contribution in [3.63, 3.8) is 0 Å². The van der Waals surface area contributed by atoms with Gasteiger partial charge in [-0.15, -0.1) is 11.3 Å². The summed E-state index contributed by atoms with van der Waals surface area (Å²) >= 11 is 1.49. The molecule has 29 heavy (non-hydrogen) atoms. The van der Waals surface area contributed by atoms with Crippen LogP contribution >= 0.6 is 11.3 Å². The minimum Gasteiger partial charge on any atom is -0.368 e. The highest BCUT2D eigenvalue weighted by Crippen LogP contribution is 2.21. The molecule has 1 aromatic carbocycles. The van der Waals surface area contributed by atoms with E-state index in [9.17, 15) is 9.59 Å². The molecule has 0 radical (unpaired) electrons. The van der Waals surface area contributed by atoms with Crippen molar-refractivity contribution in [1.29, 1.82) is 0 Å². The molecule has 1 saturated heterocycles. The lowest BCUT2D eigenvalue weighted by atomic mass is 10.1. The molecule has 7 nitrogen and oxygen atoms in total. The molecule has 8 heteroatoms. The first-order chi connectivity index (χ1) is 14.2. The van der Waals surface area contributed by atoms with Crippen LogP contribution in [0.15, 0.2) is 54.2 Å². The standard InChI is InChI=1S/C21H20N4O3S/c26-20(23-12-19-25-17(13-29-19)14-6-8-22-9-7-14)15-3-1-4-16(11-15)24-21(27)18-5-2-10-28-18/h1,3-4,6-9,11,13,18H,2,5,10,12H2,(H,23,26)(H,24,27). The maximum absolute atomic E-state index is 12.5. The Kier molecular flexibility index (Phi) is 5.92. The normalized spacial score (nSPS) is 15.8. The summed E-state index contributed by atoms with van der Waals surface area (Å²) in [4.78, 5) is 33.2. The number of rotatable bonds is 6. The number of nitrogens with one attached hydrogen (secondary N) is 2. The van der Waals surface area contributed by atoms with Gasteiger partial charge in [-0.3, -0.25) is 14.6 Å². The highest BCUT2D eigenvalue weighted by atomic mass is 32.1. The SMILES string of the molecule is O=C(NCc1nc(-c2ccncc2)cs1)c1cccc(NC(=O)C2CCCO2)c1. The lowest BCUT2D eigenvalue weighted by Gasteiger charge is -2.11. The first kappa shape index (κ1) is 19.2. The van der Waals surface area contributed by atoms with Crippen molar-refractivity contribution < 1.29 is 14.3 Å². The van der Waals surface area contributed by atoms with Crippen molar-refractivity contribution in [1.82, 2.24) is 15.3 Å². The Hall–Kier alpha value is -3.10. The van der Waals surface area contributed by atoms with E-state index in [2.05, 4.69) is 20.6 Å². The van der Waals surface area contributed by atoms with E-state index in [1.165, 1.54) is 11.3 Å². The molecule has 148 valence electrons. The second-order valence-electron chi connectivity index (χ2n) is 6.62. The summed E-state index contributed by atoms with van der Waals surface area (Å²) in [5.74, 6) is -0.398. The number of aromatic nitrogens is 2. The number of benzene rings is 1. The number of pyridine rings is 1. The Labute approximate surface area is 172 Å². The molecule has 4 rings (SSSR count). The van der Waals surface area contributed by atoms with Gasteiger partial charge in [0.25, 0.3) is 11.8 Å². The van der Waals surface area contributed by atoms with Crippen molar-refractivity contribution in [3.8, 4) is 11.3 Å². The predicted molar refractivity (Wildman–Crippen MR) is 111 cm³/mol. The van der Waals surface area contributed by atoms with Crippen LogP contribution in [0.25, 0.3) is 11.3 Å². The number of ether oxygens (including phenoxy) is 1. The van der Waals surface area contributed by atoms with Crippen LogP contribution in [0.4, 0.5) is 5.69 Å². The van der Waals surface area contributed by atoms with Crippen molar-refractivity contribution >= 4 is 28.8 Å². The third-order valence-corrected chi connectivity index (χ3v) is 5.39. The Bertz CT molecular complexity index is 1000. The lowest BCUT2D eigenvalue weighted by molar-refractivity contribution is -0.124. The topological polar surface area (TPSA) is 93.2 Å². The van der Waals surface area contributed by atoms with Gasteiger partial charge in [-0.1, -0.05) is 6.07 Å². The van der Waals surface area contributed by atoms with Crippen LogP contribution in [-0.2, 0) is 16.1 Å². The van der Waals surface area contributed by atoms with Crippen LogP contribution in [0.1, 0.15) is 28.2 Å². The highest BCUT2D eigenvalue weighted by molar-refractivity contribution is 7.09. The molecule has 0 bridgehead atoms. The molecule has 1 atom stereocenters. The van der Waals surface area contributed by atoms with Gasteiger partial charge in [0.15, 0.2) is 0 Å². The number of amides is 2. The van der Waals surface area contributed by atoms with Gasteiger partial charge in [-0.2, -0.15) is 0 Å². The van der Waals surface area contributed by atoms with Gasteiger partial charge in [0.2, 0.25) is 0 Å². The zero-order chi connectivity index (χ0) is 20.1. The molecule has 3 aromatic rings. The predicted octanol–water partition coefficient (Wildman–Crippen LogP) is 3.25. The Morgan fingerprint density at radius 2 is 2.07 bits per heavy atom. The maximum atomic E-state index is 12.5. The molecule has 2 aromatic heterocycles. The van der Waals surface area contributed by atoms with Gasteiger partial charge >= 0.3 is 0 Å². The fraction of sp³-hybridized carbons (Fsp3) is 0.238. The molecular weight excluding hydrogens is 388 g/mol. The maximum Gasteiger partial charge on any atom is 0.253 e. The second-order valence-corrected chi connectivity index (χ2v) is 7.56. The number of nitrogens with zero attached hydrogens (tertiary/aromatic N) is 2. The van der Waals surface area contributed by atoms with Gasteiger partial charge in [0.05, 0.1) is 12.2 Å². The zero-order valence-electron chi connectivity index (χ0n) is 15.6. The molecule has 0 aliphatic carbocycles. The van der Waals surface area contributed by atoms with E-state index in [1.54, 1.807) is 36.7 Å². The second kappa shape index (κ2) is 8.93. The minimum absolute atomic E-state index is 0.175. The summed E-state index contributed by atoms with van der Waals surface area (Å²) in [5.41, 5.74) is 2.90. The summed E-state index contributed by atoms with van der Waals surface area (Å²) in [6, 6.07) is 10.7. The molecule has 1 aliphatic heterocycles. The fourth-order valence-corrected chi connectivity index (χ4v) is 3.79. The van der Waals surface area contributed by atoms with E-state index < -0.39 is 6.10 Å². The van der Waals surface area contributed by atoms with Crippen LogP contribution in [0.3, 0.4) is 0 Å². The number of thiazole rings is 1. The molecular formula is C21H20N4O3S. The van der Waals surface area contributed by atoms with Crippen LogP contribution in [0, 0.1) is 0 Å². The molecule has 2 amide bonds. The number of hydrogen-bond donors (Lipinski definition) is 2. The number of carbonyl (C=O) groups is 2. The van der Waals surface area contributed by atoms with Crippen molar-refractivity contribution in [3.05, 3.63) is 64.7 Å². The minimum atomic E-state index is -0.410. The fourth-order valence-electron chi connectivity index (χ4n) is 3.05. The van der Waals surface area contributed by atoms with E-state index in [1.807, 2.05) is 17.5 Å². The number of anilines is 1. The quantitative estimate of drug-likeness (QED) is 0.653. The summed E-state index contributed by atoms with van der Waals surface area (Å²) in [7, 11) is 0. The first-order valence-corrected chi connectivity index (χ1v) is 10.2. The summed E-state index contributed by atoms with van der Waals surface area (Å²) < 4.78 is 5.39. The van der Waals surface area contributed by atoms with E-state index in [4.69, 9.17) is 4.74 Å². The van der Waals surface area contributed by atoms with Crippen LogP contribution in [-0.4, -0.2) is 34.5 Å². The number of carbonyl (C=O) groups excluding carboxylic acids is 2. The molecule has 0 spiro atoms. The van der Waals surface area contributed by atoms with E-state index in [0.717, 1.165) is 29.1 Å². The molecule has 2 N–H and O–H groups in total. The van der Waals surface area contributed by atoms with E-state index >= 15 is 0 Å². The summed E-state index contributed by atoms with van der Waals surface area (Å²) in [5, 5.41) is 8.46. The number of hydrogen-bond acceptors (Lipinski definition) is 6. The molecule has 1 unspecified atom stereocenters. The summed E-state index contributed by atoms with van der Waals surface area (Å²) in [6.07, 6.45) is 4.65. The average Bonchev–Trinajstić information content (AvgIpc) is 3.45. The van der Waals surface area contributed by atoms with Gasteiger partial charge < -0.3 is 15.4 Å². The van der Waals surface area contributed by atoms with Crippen molar-refractivity contribution in [2.45, 2.75) is 25.5 Å². The van der Waals surface area contributed by atoms with Gasteiger partial charge in [0.1, 0.15) is 11.1 Å². The Balaban J connectivity index is 1.35. The lowest BCUT2D eigenvalue weighted by Crippen LogP contribution is -2.27. The third-order valence-electron chi connectivity index (χ3n) is 4.54. The highest BCUT2D eigenvalue weighted by Gasteiger charge is 2.23. The smallest absolute Gasteiger partial charge is 0.253 e. The third kappa shape index (κ3) is 4.85.